The lowest BCUT2D eigenvalue weighted by molar-refractivity contribution is 0.156. The highest BCUT2D eigenvalue weighted by atomic mass is 16.5. The number of likely N-dealkylation sites (tertiary alicyclic amines) is 1. The van der Waals surface area contributed by atoms with Crippen LogP contribution < -0.4 is 20.1 Å². The van der Waals surface area contributed by atoms with Crippen molar-refractivity contribution in [3.63, 3.8) is 0 Å². The van der Waals surface area contributed by atoms with Crippen LogP contribution in [0.1, 0.15) is 43.7 Å². The van der Waals surface area contributed by atoms with Crippen molar-refractivity contribution in [2.45, 2.75) is 56.5 Å². The second kappa shape index (κ2) is 9.36. The Morgan fingerprint density at radius 3 is 2.69 bits per heavy atom. The van der Waals surface area contributed by atoms with E-state index < -0.39 is 0 Å². The Balaban J connectivity index is 1.45. The number of nitrogens with one attached hydrogen (secondary N) is 2. The van der Waals surface area contributed by atoms with Gasteiger partial charge in [-0.2, -0.15) is 0 Å². The Bertz CT molecular complexity index is 949. The van der Waals surface area contributed by atoms with Crippen molar-refractivity contribution in [2.75, 3.05) is 33.1 Å². The SMILES string of the molecule is CCc1ccc(NC(=O)N[C@H]2CC[C@@]3(c4ccc(OC)c(OC)c4)CCN(C)[C@@H]3C2)nc1. The lowest BCUT2D eigenvalue weighted by Gasteiger charge is -2.45. The number of carbonyl (C=O) groups excluding carboxylic acids is 1. The van der Waals surface area contributed by atoms with Gasteiger partial charge in [0, 0.05) is 23.7 Å². The number of methoxy groups -OCH3 is 2. The fourth-order valence-corrected chi connectivity index (χ4v) is 5.44. The summed E-state index contributed by atoms with van der Waals surface area (Å²) >= 11 is 0. The van der Waals surface area contributed by atoms with Crippen LogP contribution in [-0.4, -0.2) is 55.8 Å². The van der Waals surface area contributed by atoms with E-state index in [1.807, 2.05) is 18.2 Å². The number of hydrogen-bond acceptors (Lipinski definition) is 5. The number of likely N-dealkylation sites (N-methyl/N-ethyl adjacent to an activating group) is 1. The fourth-order valence-electron chi connectivity index (χ4n) is 5.44. The number of fused-ring (bicyclic) bond motifs is 1. The molecular weight excluding hydrogens is 404 g/mol. The Morgan fingerprint density at radius 2 is 2.00 bits per heavy atom. The zero-order valence-corrected chi connectivity index (χ0v) is 19.5. The van der Waals surface area contributed by atoms with Crippen molar-refractivity contribution >= 4 is 11.8 Å². The summed E-state index contributed by atoms with van der Waals surface area (Å²) in [5.74, 6) is 2.10. The third kappa shape index (κ3) is 4.26. The van der Waals surface area contributed by atoms with Gasteiger partial charge in [0.05, 0.1) is 14.2 Å². The van der Waals surface area contributed by atoms with Crippen LogP contribution in [0.3, 0.4) is 0 Å². The van der Waals surface area contributed by atoms with E-state index in [1.165, 1.54) is 5.56 Å². The zero-order chi connectivity index (χ0) is 22.7. The van der Waals surface area contributed by atoms with Gasteiger partial charge in [-0.1, -0.05) is 19.1 Å². The van der Waals surface area contributed by atoms with E-state index in [1.54, 1.807) is 20.4 Å². The number of benzene rings is 1. The lowest BCUT2D eigenvalue weighted by Crippen LogP contribution is -2.52. The van der Waals surface area contributed by atoms with Gasteiger partial charge in [0.15, 0.2) is 11.5 Å². The van der Waals surface area contributed by atoms with Gasteiger partial charge in [-0.25, -0.2) is 9.78 Å². The van der Waals surface area contributed by atoms with Crippen LogP contribution in [0.2, 0.25) is 0 Å². The molecule has 7 heteroatoms. The van der Waals surface area contributed by atoms with Crippen LogP contribution in [0.4, 0.5) is 10.6 Å². The molecule has 2 fully saturated rings. The summed E-state index contributed by atoms with van der Waals surface area (Å²) < 4.78 is 11.0. The first-order valence-corrected chi connectivity index (χ1v) is 11.4. The smallest absolute Gasteiger partial charge is 0.320 e. The van der Waals surface area contributed by atoms with Gasteiger partial charge in [0.1, 0.15) is 5.82 Å². The maximum atomic E-state index is 12.6. The molecule has 7 nitrogen and oxygen atoms in total. The number of aryl methyl sites for hydroxylation is 1. The van der Waals surface area contributed by atoms with E-state index in [4.69, 9.17) is 9.47 Å². The third-order valence-electron chi connectivity index (χ3n) is 7.30. The number of aromatic nitrogens is 1. The minimum Gasteiger partial charge on any atom is -0.493 e. The number of pyridine rings is 1. The molecule has 1 aromatic heterocycles. The number of hydrogen-bond donors (Lipinski definition) is 2. The highest BCUT2D eigenvalue weighted by Gasteiger charge is 2.50. The Morgan fingerprint density at radius 1 is 1.19 bits per heavy atom. The average Bonchev–Trinajstić information content (AvgIpc) is 3.16. The summed E-state index contributed by atoms with van der Waals surface area (Å²) in [6.07, 6.45) is 6.72. The molecule has 4 rings (SSSR count). The molecule has 2 aliphatic rings. The largest absolute Gasteiger partial charge is 0.493 e. The van der Waals surface area contributed by atoms with Crippen LogP contribution in [0, 0.1) is 0 Å². The molecule has 3 atom stereocenters. The molecular formula is C25H34N4O3. The number of nitrogens with zero attached hydrogens (tertiary/aromatic N) is 2. The van der Waals surface area contributed by atoms with Gasteiger partial charge in [-0.15, -0.1) is 0 Å². The van der Waals surface area contributed by atoms with Crippen LogP contribution in [0.25, 0.3) is 0 Å². The molecule has 2 N–H and O–H groups in total. The predicted molar refractivity (Wildman–Crippen MR) is 126 cm³/mol. The fraction of sp³-hybridized carbons (Fsp3) is 0.520. The maximum absolute atomic E-state index is 12.6. The number of amides is 2. The zero-order valence-electron chi connectivity index (χ0n) is 19.5. The summed E-state index contributed by atoms with van der Waals surface area (Å²) in [7, 11) is 5.54. The average molecular weight is 439 g/mol. The number of urea groups is 1. The Labute approximate surface area is 190 Å². The topological polar surface area (TPSA) is 75.7 Å². The second-order valence-corrected chi connectivity index (χ2v) is 8.95. The molecule has 1 aromatic carbocycles. The van der Waals surface area contributed by atoms with Crippen molar-refractivity contribution in [3.05, 3.63) is 47.7 Å². The summed E-state index contributed by atoms with van der Waals surface area (Å²) in [6, 6.07) is 10.5. The normalized spacial score (nSPS) is 25.1. The Kier molecular flexibility index (Phi) is 6.55. The standard InChI is InChI=1S/C25H34N4O3/c1-5-17-6-9-23(26-16-17)28-24(30)27-19-10-11-25(12-13-29(2)22(25)15-19)18-7-8-20(31-3)21(14-18)32-4/h6-9,14,16,19,22H,5,10-13,15H2,1-4H3,(H2,26,27,28,30)/t19-,22+,25-/m0/s1. The molecule has 1 saturated carbocycles. The van der Waals surface area contributed by atoms with Gasteiger partial charge in [0.2, 0.25) is 0 Å². The molecule has 32 heavy (non-hydrogen) atoms. The summed E-state index contributed by atoms with van der Waals surface area (Å²) in [5, 5.41) is 6.05. The number of anilines is 1. The predicted octanol–water partition coefficient (Wildman–Crippen LogP) is 3.98. The van der Waals surface area contributed by atoms with E-state index >= 15 is 0 Å². The lowest BCUT2D eigenvalue weighted by atomic mass is 9.65. The number of rotatable bonds is 6. The molecule has 172 valence electrons. The van der Waals surface area contributed by atoms with Crippen molar-refractivity contribution in [3.8, 4) is 11.5 Å². The second-order valence-electron chi connectivity index (χ2n) is 8.95. The molecule has 0 spiro atoms. The van der Waals surface area contributed by atoms with Gasteiger partial charge in [-0.3, -0.25) is 5.32 Å². The molecule has 1 aliphatic carbocycles. The van der Waals surface area contributed by atoms with E-state index in [2.05, 4.69) is 46.6 Å². The molecule has 2 aromatic rings. The van der Waals surface area contributed by atoms with E-state index in [-0.39, 0.29) is 17.5 Å². The van der Waals surface area contributed by atoms with Crippen molar-refractivity contribution < 1.29 is 14.3 Å². The Hall–Kier alpha value is -2.80. The first kappa shape index (κ1) is 22.4. The van der Waals surface area contributed by atoms with Crippen LogP contribution >= 0.6 is 0 Å². The van der Waals surface area contributed by atoms with E-state index in [0.717, 1.165) is 55.7 Å². The monoisotopic (exact) mass is 438 g/mol. The van der Waals surface area contributed by atoms with Crippen LogP contribution in [-0.2, 0) is 11.8 Å². The quantitative estimate of drug-likeness (QED) is 0.714. The molecule has 2 amide bonds. The minimum absolute atomic E-state index is 0.0699. The molecule has 1 aliphatic heterocycles. The van der Waals surface area contributed by atoms with Gasteiger partial charge in [-0.05, 0) is 75.0 Å². The number of carbonyl (C=O) groups is 1. The van der Waals surface area contributed by atoms with Crippen LogP contribution in [0.15, 0.2) is 36.5 Å². The third-order valence-corrected chi connectivity index (χ3v) is 7.30. The first-order valence-electron chi connectivity index (χ1n) is 11.4. The molecule has 2 heterocycles. The van der Waals surface area contributed by atoms with E-state index in [0.29, 0.717) is 11.9 Å². The van der Waals surface area contributed by atoms with Crippen molar-refractivity contribution in [1.82, 2.24) is 15.2 Å². The summed E-state index contributed by atoms with van der Waals surface area (Å²) in [6.45, 7) is 3.13. The van der Waals surface area contributed by atoms with Crippen molar-refractivity contribution in [1.29, 1.82) is 0 Å². The molecule has 0 unspecified atom stereocenters. The van der Waals surface area contributed by atoms with Gasteiger partial charge >= 0.3 is 6.03 Å². The van der Waals surface area contributed by atoms with Gasteiger partial charge in [0.25, 0.3) is 0 Å². The number of ether oxygens (including phenoxy) is 2. The summed E-state index contributed by atoms with van der Waals surface area (Å²) in [5.41, 5.74) is 2.52. The highest BCUT2D eigenvalue weighted by Crippen LogP contribution is 2.49. The molecule has 1 saturated heterocycles. The summed E-state index contributed by atoms with van der Waals surface area (Å²) in [4.78, 5) is 19.4. The van der Waals surface area contributed by atoms with E-state index in [9.17, 15) is 4.79 Å². The van der Waals surface area contributed by atoms with Crippen LogP contribution in [0.5, 0.6) is 11.5 Å². The minimum atomic E-state index is -0.189. The molecule has 0 bridgehead atoms. The maximum Gasteiger partial charge on any atom is 0.320 e. The highest BCUT2D eigenvalue weighted by molar-refractivity contribution is 5.88. The van der Waals surface area contributed by atoms with Crippen molar-refractivity contribution in [2.24, 2.45) is 0 Å². The van der Waals surface area contributed by atoms with Gasteiger partial charge < -0.3 is 19.7 Å². The first-order chi connectivity index (χ1) is 15.5. The molecule has 0 radical (unpaired) electrons.